The number of aliphatic hydroxyl groups excluding tert-OH is 1. The SMILES string of the molecule is Cc1ncsc1-c1ccc(CNC(=O)[C@@H]2C[C@@H](O)CC2C(=O)[C@@H](CC(=O)CCc2ccc(CCCOC[C@H](CCC(N)=O)NC(=O)[C@@H]3Cc4cccc5c4N3C(=O)[C@@H](CC(=O)c3cc4cc(C(=O)P(=O)(O)O)ccc4[nH]3)CC5)cc2)C(C)(C)C)cc1. The van der Waals surface area contributed by atoms with E-state index in [1.807, 2.05) is 99.9 Å². The molecule has 7 atom stereocenters. The van der Waals surface area contributed by atoms with Crippen molar-refractivity contribution in [2.75, 3.05) is 18.1 Å². The van der Waals surface area contributed by atoms with Crippen molar-refractivity contribution in [3.05, 3.63) is 141 Å². The Morgan fingerprint density at radius 2 is 1.58 bits per heavy atom. The second-order valence-corrected chi connectivity index (χ2v) is 26.7. The molecular weight excluding hydrogens is 1140 g/mol. The number of nitrogens with two attached hydrogens (primary N) is 1. The third kappa shape index (κ3) is 15.3. The van der Waals surface area contributed by atoms with Gasteiger partial charge in [0.05, 0.1) is 52.1 Å². The lowest BCUT2D eigenvalue weighted by Crippen LogP contribution is -2.52. The number of carbonyl (C=O) groups excluding carboxylic acids is 8. The molecule has 21 heteroatoms. The number of aliphatic hydroxyl groups is 1. The number of aromatic nitrogens is 2. The number of hydrogen-bond acceptors (Lipinski definition) is 13. The summed E-state index contributed by atoms with van der Waals surface area (Å²) in [6, 6.07) is 25.5. The van der Waals surface area contributed by atoms with Crippen LogP contribution < -0.4 is 21.3 Å². The van der Waals surface area contributed by atoms with E-state index in [2.05, 4.69) is 20.6 Å². The predicted octanol–water partition coefficient (Wildman–Crippen LogP) is 8.24. The fraction of sp³-hybridized carbons (Fsp3) is 0.431. The van der Waals surface area contributed by atoms with Crippen LogP contribution in [0.2, 0.25) is 0 Å². The minimum atomic E-state index is -5.04. The lowest BCUT2D eigenvalue weighted by molar-refractivity contribution is -0.138. The van der Waals surface area contributed by atoms with Crippen LogP contribution in [0.25, 0.3) is 21.3 Å². The van der Waals surface area contributed by atoms with Gasteiger partial charge in [-0.15, -0.1) is 11.3 Å². The number of amides is 4. The van der Waals surface area contributed by atoms with Crippen molar-refractivity contribution in [1.29, 1.82) is 0 Å². The van der Waals surface area contributed by atoms with E-state index < -0.39 is 78.0 Å². The van der Waals surface area contributed by atoms with E-state index in [1.54, 1.807) is 11.3 Å². The molecule has 3 aliphatic rings. The number of fused-ring (bicyclic) bond motifs is 1. The topological polar surface area (TPSA) is 306 Å². The van der Waals surface area contributed by atoms with Gasteiger partial charge in [0, 0.05) is 79.5 Å². The number of anilines is 1. The average Bonchev–Trinajstić information content (AvgIpc) is 2.03. The van der Waals surface area contributed by atoms with Crippen molar-refractivity contribution in [3.8, 4) is 10.4 Å². The summed E-state index contributed by atoms with van der Waals surface area (Å²) in [6.45, 7) is 8.45. The van der Waals surface area contributed by atoms with Crippen LogP contribution in [0.4, 0.5) is 5.69 Å². The maximum absolute atomic E-state index is 14.6. The zero-order valence-corrected chi connectivity index (χ0v) is 50.6. The quantitative estimate of drug-likeness (QED) is 0.0145. The smallest absolute Gasteiger partial charge is 0.393 e. The van der Waals surface area contributed by atoms with E-state index in [0.717, 1.165) is 44.0 Å². The number of hydrogen-bond donors (Lipinski definition) is 7. The number of aromatic amines is 1. The molecule has 4 heterocycles. The summed E-state index contributed by atoms with van der Waals surface area (Å²) in [5.41, 5.74) is 13.1. The molecule has 454 valence electrons. The van der Waals surface area contributed by atoms with Gasteiger partial charge in [-0.05, 0) is 121 Å². The van der Waals surface area contributed by atoms with E-state index in [-0.39, 0.29) is 99.2 Å². The Balaban J connectivity index is 0.737. The van der Waals surface area contributed by atoms with Crippen molar-refractivity contribution in [2.45, 2.75) is 136 Å². The minimum absolute atomic E-state index is 0.0167. The largest absolute Gasteiger partial charge is 0.396 e. The number of benzene rings is 4. The number of H-pyrrole nitrogens is 1. The fourth-order valence-electron chi connectivity index (χ4n) is 12.3. The number of ether oxygens (including phenoxy) is 1. The first-order chi connectivity index (χ1) is 40.9. The van der Waals surface area contributed by atoms with Crippen molar-refractivity contribution in [2.24, 2.45) is 34.8 Å². The van der Waals surface area contributed by atoms with Gasteiger partial charge in [-0.25, -0.2) is 4.98 Å². The Bertz CT molecular complexity index is 3580. The van der Waals surface area contributed by atoms with E-state index in [1.165, 1.54) is 29.2 Å². The first kappa shape index (κ1) is 63.2. The highest BCUT2D eigenvalue weighted by molar-refractivity contribution is 7.70. The van der Waals surface area contributed by atoms with Crippen molar-refractivity contribution in [3.63, 3.8) is 0 Å². The Hall–Kier alpha value is -7.32. The lowest BCUT2D eigenvalue weighted by Gasteiger charge is -2.32. The van der Waals surface area contributed by atoms with Crippen LogP contribution in [0.5, 0.6) is 0 Å². The van der Waals surface area contributed by atoms with E-state index >= 15 is 0 Å². The Labute approximate surface area is 503 Å². The molecule has 0 spiro atoms. The molecule has 4 amide bonds. The standard InChI is InChI=1S/C65H75N6O13PS/c1-37-60(86-36-68-37)42-17-14-40(15-18-42)34-67-61(77)51-32-49(73)31-50(51)59(76)52(65(2,3)4)33-48(72)23-16-39-12-10-38(11-13-39)7-6-26-84-35-47(22-25-57(66)75)69-62(78)55-29-43-9-5-8-41-19-20-44(63(79)71(55)58(41)43)30-56(74)54-28-46-27-45(21-24-53(46)70-54)64(80)85(81,82)83/h5,8-15,17-18,21,24,27-28,36,44,47,49-52,55,70,73H,6-7,16,19-20,22-23,25-26,29-35H2,1-4H3,(H2,66,75)(H,67,77)(H,69,78)(H2,81,82,83)/t44-,47+,49+,50?,51-,52-,55+/m1/s1. The van der Waals surface area contributed by atoms with Gasteiger partial charge in [0.2, 0.25) is 23.6 Å². The second-order valence-electron chi connectivity index (χ2n) is 24.3. The van der Waals surface area contributed by atoms with Crippen LogP contribution in [0.3, 0.4) is 0 Å². The van der Waals surface area contributed by atoms with Crippen molar-refractivity contribution in [1.82, 2.24) is 20.6 Å². The lowest BCUT2D eigenvalue weighted by atomic mass is 9.70. The molecule has 2 aliphatic heterocycles. The molecule has 86 heavy (non-hydrogen) atoms. The van der Waals surface area contributed by atoms with Crippen LogP contribution in [-0.2, 0) is 70.3 Å². The zero-order valence-electron chi connectivity index (χ0n) is 48.8. The normalized spacial score (nSPS) is 19.2. The van der Waals surface area contributed by atoms with Crippen LogP contribution >= 0.6 is 18.9 Å². The number of Topliss-reactive ketones (excluding diaryl/α,β-unsaturated/α-hetero) is 3. The Morgan fingerprint density at radius 3 is 2.27 bits per heavy atom. The molecular formula is C65H75N6O13PS. The summed E-state index contributed by atoms with van der Waals surface area (Å²) in [4.78, 5) is 137. The molecule has 4 aromatic carbocycles. The van der Waals surface area contributed by atoms with E-state index in [9.17, 15) is 57.8 Å². The average molecular weight is 1210 g/mol. The monoisotopic (exact) mass is 1210 g/mol. The molecule has 1 fully saturated rings. The summed E-state index contributed by atoms with van der Waals surface area (Å²) in [6.07, 6.45) is 2.67. The summed E-state index contributed by atoms with van der Waals surface area (Å²) in [7, 11) is -5.04. The molecule has 9 rings (SSSR count). The number of nitrogens with zero attached hydrogens (tertiary/aromatic N) is 2. The molecule has 0 saturated heterocycles. The van der Waals surface area contributed by atoms with E-state index in [0.29, 0.717) is 55.3 Å². The molecule has 6 aromatic rings. The number of rotatable bonds is 27. The number of carbonyl (C=O) groups is 8. The summed E-state index contributed by atoms with van der Waals surface area (Å²) in [5, 5.41) is 17.2. The molecule has 0 radical (unpaired) electrons. The van der Waals surface area contributed by atoms with Crippen LogP contribution in [0, 0.1) is 36.0 Å². The van der Waals surface area contributed by atoms with Gasteiger partial charge in [0.25, 0.3) is 5.52 Å². The van der Waals surface area contributed by atoms with Gasteiger partial charge in [-0.3, -0.25) is 47.8 Å². The highest BCUT2D eigenvalue weighted by Crippen LogP contribution is 2.43. The number of thiazole rings is 1. The molecule has 1 saturated carbocycles. The fourth-order valence-corrected chi connectivity index (χ4v) is 13.6. The predicted molar refractivity (Wildman–Crippen MR) is 325 cm³/mol. The van der Waals surface area contributed by atoms with Gasteiger partial charge in [-0.1, -0.05) is 87.5 Å². The summed E-state index contributed by atoms with van der Waals surface area (Å²) >= 11 is 1.57. The first-order valence-corrected chi connectivity index (χ1v) is 31.9. The maximum atomic E-state index is 14.6. The van der Waals surface area contributed by atoms with Crippen LogP contribution in [0.15, 0.2) is 96.5 Å². The summed E-state index contributed by atoms with van der Waals surface area (Å²) in [5.74, 6) is -5.09. The second kappa shape index (κ2) is 27.2. The summed E-state index contributed by atoms with van der Waals surface area (Å²) < 4.78 is 17.7. The number of nitrogens with one attached hydrogen (secondary N) is 3. The van der Waals surface area contributed by atoms with Crippen LogP contribution in [0.1, 0.15) is 133 Å². The third-order valence-electron chi connectivity index (χ3n) is 17.0. The molecule has 1 unspecified atom stereocenters. The number of ketones is 3. The minimum Gasteiger partial charge on any atom is -0.393 e. The Morgan fingerprint density at radius 1 is 0.884 bits per heavy atom. The molecule has 8 N–H and O–H groups in total. The van der Waals surface area contributed by atoms with Crippen molar-refractivity contribution < 1.29 is 62.6 Å². The molecule has 0 bridgehead atoms. The molecule has 2 aromatic heterocycles. The first-order valence-electron chi connectivity index (χ1n) is 29.4. The van der Waals surface area contributed by atoms with Gasteiger partial charge >= 0.3 is 7.60 Å². The van der Waals surface area contributed by atoms with Gasteiger partial charge in [0.1, 0.15) is 17.6 Å². The highest BCUT2D eigenvalue weighted by Gasteiger charge is 2.47. The van der Waals surface area contributed by atoms with Gasteiger partial charge < -0.3 is 41.0 Å². The van der Waals surface area contributed by atoms with Gasteiger partial charge in [-0.2, -0.15) is 0 Å². The Kier molecular flexibility index (Phi) is 20.0. The zero-order chi connectivity index (χ0) is 61.6. The van der Waals surface area contributed by atoms with E-state index in [4.69, 9.17) is 10.5 Å². The molecule has 19 nitrogen and oxygen atoms in total. The van der Waals surface area contributed by atoms with Gasteiger partial charge in [0.15, 0.2) is 5.78 Å². The maximum Gasteiger partial charge on any atom is 0.396 e. The van der Waals surface area contributed by atoms with Crippen LogP contribution in [-0.4, -0.2) is 103 Å². The highest BCUT2D eigenvalue weighted by atomic mass is 32.1. The number of primary amides is 1. The van der Waals surface area contributed by atoms with Crippen molar-refractivity contribution >= 4 is 82.0 Å². The molecule has 1 aliphatic carbocycles. The third-order valence-corrected chi connectivity index (χ3v) is 18.8. The number of para-hydroxylation sites is 1. The number of aryl methyl sites for hydroxylation is 4.